The Morgan fingerprint density at radius 2 is 2.10 bits per heavy atom. The molecule has 120 valence electrons. The highest BCUT2D eigenvalue weighted by Gasteiger charge is 2.37. The number of aromatic nitrogens is 2. The molecule has 5 heteroatoms. The second-order valence-electron chi connectivity index (χ2n) is 5.81. The Kier molecular flexibility index (Phi) is 6.08. The molecule has 0 bridgehead atoms. The zero-order chi connectivity index (χ0) is 15.4. The van der Waals surface area contributed by atoms with Gasteiger partial charge in [0.2, 0.25) is 0 Å². The molecule has 4 nitrogen and oxygen atoms in total. The quantitative estimate of drug-likeness (QED) is 0.762. The van der Waals surface area contributed by atoms with Crippen molar-refractivity contribution in [2.24, 2.45) is 13.0 Å². The summed E-state index contributed by atoms with van der Waals surface area (Å²) in [6.07, 6.45) is 4.59. The molecule has 0 amide bonds. The topological polar surface area (TPSA) is 39.1 Å². The van der Waals surface area contributed by atoms with Crippen molar-refractivity contribution in [1.29, 1.82) is 0 Å². The SMILES string of the molecule is CCNC(Cc1c(Cl)c(CC)nn1C)C(OCC)C1CC1. The number of hydrogen-bond donors (Lipinski definition) is 1. The van der Waals surface area contributed by atoms with Crippen LogP contribution in [0.2, 0.25) is 5.02 Å². The van der Waals surface area contributed by atoms with E-state index in [1.807, 2.05) is 11.7 Å². The van der Waals surface area contributed by atoms with Crippen molar-refractivity contribution in [2.75, 3.05) is 13.2 Å². The van der Waals surface area contributed by atoms with E-state index in [1.54, 1.807) is 0 Å². The Hall–Kier alpha value is -0.580. The molecule has 1 aliphatic carbocycles. The van der Waals surface area contributed by atoms with E-state index < -0.39 is 0 Å². The lowest BCUT2D eigenvalue weighted by molar-refractivity contribution is 0.0192. The predicted molar refractivity (Wildman–Crippen MR) is 86.9 cm³/mol. The number of likely N-dealkylation sites (N-methyl/N-ethyl adjacent to an activating group) is 1. The fourth-order valence-corrected chi connectivity index (χ4v) is 3.39. The number of nitrogens with zero attached hydrogens (tertiary/aromatic N) is 2. The van der Waals surface area contributed by atoms with Crippen LogP contribution in [0.25, 0.3) is 0 Å². The lowest BCUT2D eigenvalue weighted by Crippen LogP contribution is -2.44. The Morgan fingerprint density at radius 3 is 2.57 bits per heavy atom. The summed E-state index contributed by atoms with van der Waals surface area (Å²) >= 11 is 6.50. The monoisotopic (exact) mass is 313 g/mol. The van der Waals surface area contributed by atoms with Crippen LogP contribution in [0.1, 0.15) is 45.0 Å². The molecule has 0 radical (unpaired) electrons. The van der Waals surface area contributed by atoms with Gasteiger partial charge in [-0.25, -0.2) is 0 Å². The van der Waals surface area contributed by atoms with E-state index in [0.717, 1.165) is 42.4 Å². The fourth-order valence-electron chi connectivity index (χ4n) is 3.01. The second-order valence-corrected chi connectivity index (χ2v) is 6.19. The molecule has 0 saturated heterocycles. The molecule has 0 spiro atoms. The normalized spacial score (nSPS) is 18.0. The van der Waals surface area contributed by atoms with Crippen LogP contribution in [0, 0.1) is 5.92 Å². The summed E-state index contributed by atoms with van der Waals surface area (Å²) in [5.41, 5.74) is 2.11. The zero-order valence-corrected chi connectivity index (χ0v) is 14.4. The minimum absolute atomic E-state index is 0.283. The van der Waals surface area contributed by atoms with Crippen LogP contribution in [0.5, 0.6) is 0 Å². The molecule has 1 heterocycles. The third-order valence-electron chi connectivity index (χ3n) is 4.22. The molecule has 1 aromatic rings. The molecule has 0 aliphatic heterocycles. The fraction of sp³-hybridized carbons (Fsp3) is 0.812. The van der Waals surface area contributed by atoms with E-state index in [-0.39, 0.29) is 6.10 Å². The summed E-state index contributed by atoms with van der Waals surface area (Å²) in [5.74, 6) is 0.701. The van der Waals surface area contributed by atoms with Crippen LogP contribution in [0.4, 0.5) is 0 Å². The van der Waals surface area contributed by atoms with Gasteiger partial charge in [-0.2, -0.15) is 5.10 Å². The van der Waals surface area contributed by atoms with Crippen molar-refractivity contribution < 1.29 is 4.74 Å². The van der Waals surface area contributed by atoms with E-state index >= 15 is 0 Å². The minimum Gasteiger partial charge on any atom is -0.377 e. The van der Waals surface area contributed by atoms with Crippen molar-refractivity contribution >= 4 is 11.6 Å². The average molecular weight is 314 g/mol. The summed E-state index contributed by atoms with van der Waals surface area (Å²) in [5, 5.41) is 8.95. The van der Waals surface area contributed by atoms with E-state index in [9.17, 15) is 0 Å². The van der Waals surface area contributed by atoms with E-state index in [1.165, 1.54) is 12.8 Å². The first-order valence-electron chi connectivity index (χ1n) is 8.17. The van der Waals surface area contributed by atoms with Crippen LogP contribution in [-0.4, -0.2) is 35.1 Å². The Labute approximate surface area is 133 Å². The van der Waals surface area contributed by atoms with Crippen molar-refractivity contribution in [1.82, 2.24) is 15.1 Å². The average Bonchev–Trinajstić information content (AvgIpc) is 3.26. The third-order valence-corrected chi connectivity index (χ3v) is 4.66. The summed E-state index contributed by atoms with van der Waals surface area (Å²) in [6.45, 7) is 8.02. The number of halogens is 1. The van der Waals surface area contributed by atoms with E-state index in [4.69, 9.17) is 16.3 Å². The van der Waals surface area contributed by atoms with Crippen molar-refractivity contribution in [3.63, 3.8) is 0 Å². The van der Waals surface area contributed by atoms with E-state index in [0.29, 0.717) is 12.0 Å². The van der Waals surface area contributed by atoms with Crippen LogP contribution in [0.15, 0.2) is 0 Å². The predicted octanol–water partition coefficient (Wildman–Crippen LogP) is 2.97. The number of ether oxygens (including phenoxy) is 1. The molecule has 1 aromatic heterocycles. The van der Waals surface area contributed by atoms with Gasteiger partial charge in [-0.15, -0.1) is 0 Å². The molecule has 2 rings (SSSR count). The molecule has 1 aliphatic rings. The first-order valence-corrected chi connectivity index (χ1v) is 8.55. The Bertz CT molecular complexity index is 457. The van der Waals surface area contributed by atoms with Crippen LogP contribution in [0.3, 0.4) is 0 Å². The maximum absolute atomic E-state index is 6.50. The highest BCUT2D eigenvalue weighted by molar-refractivity contribution is 6.31. The lowest BCUT2D eigenvalue weighted by Gasteiger charge is -2.28. The standard InChI is InChI=1S/C16H28ClN3O/c1-5-12-15(17)14(20(4)19-12)10-13(18-6-2)16(21-7-3)11-8-9-11/h11,13,16,18H,5-10H2,1-4H3. The lowest BCUT2D eigenvalue weighted by atomic mass is 10.0. The van der Waals surface area contributed by atoms with Gasteiger partial charge in [0.15, 0.2) is 0 Å². The molecule has 1 saturated carbocycles. The van der Waals surface area contributed by atoms with Gasteiger partial charge in [0.05, 0.1) is 22.5 Å². The summed E-state index contributed by atoms with van der Waals surface area (Å²) < 4.78 is 7.96. The van der Waals surface area contributed by atoms with Gasteiger partial charge < -0.3 is 10.1 Å². The van der Waals surface area contributed by atoms with Gasteiger partial charge in [-0.3, -0.25) is 4.68 Å². The maximum Gasteiger partial charge on any atom is 0.0850 e. The molecular formula is C16H28ClN3O. The second kappa shape index (κ2) is 7.61. The van der Waals surface area contributed by atoms with Crippen LogP contribution >= 0.6 is 11.6 Å². The van der Waals surface area contributed by atoms with Gasteiger partial charge >= 0.3 is 0 Å². The highest BCUT2D eigenvalue weighted by atomic mass is 35.5. The third kappa shape index (κ3) is 3.99. The van der Waals surface area contributed by atoms with Crippen molar-refractivity contribution in [2.45, 2.75) is 58.6 Å². The first kappa shape index (κ1) is 16.8. The molecule has 2 atom stereocenters. The van der Waals surface area contributed by atoms with Crippen molar-refractivity contribution in [3.8, 4) is 0 Å². The molecule has 21 heavy (non-hydrogen) atoms. The maximum atomic E-state index is 6.50. The Balaban J connectivity index is 2.16. The first-order chi connectivity index (χ1) is 10.1. The summed E-state index contributed by atoms with van der Waals surface area (Å²) in [6, 6.07) is 0.306. The van der Waals surface area contributed by atoms with E-state index in [2.05, 4.69) is 31.2 Å². The molecular weight excluding hydrogens is 286 g/mol. The molecule has 1 fully saturated rings. The number of aryl methyl sites for hydroxylation is 2. The molecule has 1 N–H and O–H groups in total. The minimum atomic E-state index is 0.283. The van der Waals surface area contributed by atoms with Gasteiger partial charge in [0.1, 0.15) is 0 Å². The Morgan fingerprint density at radius 1 is 1.38 bits per heavy atom. The molecule has 0 aromatic carbocycles. The summed E-state index contributed by atoms with van der Waals surface area (Å²) in [7, 11) is 1.98. The number of hydrogen-bond acceptors (Lipinski definition) is 3. The summed E-state index contributed by atoms with van der Waals surface area (Å²) in [4.78, 5) is 0. The number of nitrogens with one attached hydrogen (secondary N) is 1. The van der Waals surface area contributed by atoms with Crippen LogP contribution < -0.4 is 5.32 Å². The smallest absolute Gasteiger partial charge is 0.0850 e. The van der Waals surface area contributed by atoms with Gasteiger partial charge in [-0.05, 0) is 38.6 Å². The van der Waals surface area contributed by atoms with Gasteiger partial charge in [-0.1, -0.05) is 25.4 Å². The van der Waals surface area contributed by atoms with Crippen LogP contribution in [-0.2, 0) is 24.6 Å². The molecule has 2 unspecified atom stereocenters. The zero-order valence-electron chi connectivity index (χ0n) is 13.7. The van der Waals surface area contributed by atoms with Gasteiger partial charge in [0.25, 0.3) is 0 Å². The van der Waals surface area contributed by atoms with Crippen molar-refractivity contribution in [3.05, 3.63) is 16.4 Å². The highest BCUT2D eigenvalue weighted by Crippen LogP contribution is 2.37. The number of rotatable bonds is 9. The van der Waals surface area contributed by atoms with Gasteiger partial charge in [0, 0.05) is 26.1 Å². The largest absolute Gasteiger partial charge is 0.377 e.